The first-order chi connectivity index (χ1) is 14.5. The molecule has 0 spiro atoms. The highest BCUT2D eigenvalue weighted by molar-refractivity contribution is 6.05. The third-order valence-electron chi connectivity index (χ3n) is 5.46. The summed E-state index contributed by atoms with van der Waals surface area (Å²) < 4.78 is 11.6. The van der Waals surface area contributed by atoms with Crippen LogP contribution in [0.4, 0.5) is 5.69 Å². The zero-order valence-electron chi connectivity index (χ0n) is 17.1. The number of furan rings is 1. The lowest BCUT2D eigenvalue weighted by Crippen LogP contribution is -2.13. The van der Waals surface area contributed by atoms with E-state index in [1.165, 1.54) is 11.6 Å². The molecule has 0 fully saturated rings. The summed E-state index contributed by atoms with van der Waals surface area (Å²) in [6.07, 6.45) is 5.79. The van der Waals surface area contributed by atoms with E-state index in [2.05, 4.69) is 11.4 Å². The molecular formula is C24H24N2O4. The van der Waals surface area contributed by atoms with E-state index in [4.69, 9.17) is 14.9 Å². The summed E-state index contributed by atoms with van der Waals surface area (Å²) in [5.41, 5.74) is 9.85. The second-order valence-corrected chi connectivity index (χ2v) is 7.52. The van der Waals surface area contributed by atoms with Gasteiger partial charge in [0.2, 0.25) is 11.8 Å². The number of aryl methyl sites for hydroxylation is 2. The normalized spacial score (nSPS) is 13.7. The number of benzene rings is 2. The minimum Gasteiger partial charge on any atom is -0.496 e. The molecule has 154 valence electrons. The van der Waals surface area contributed by atoms with Crippen molar-refractivity contribution in [1.29, 1.82) is 0 Å². The third-order valence-corrected chi connectivity index (χ3v) is 5.46. The fourth-order valence-corrected chi connectivity index (χ4v) is 3.97. The first-order valence-electron chi connectivity index (χ1n) is 9.98. The first-order valence-corrected chi connectivity index (χ1v) is 9.98. The number of anilines is 1. The zero-order valence-corrected chi connectivity index (χ0v) is 17.1. The largest absolute Gasteiger partial charge is 0.496 e. The maximum absolute atomic E-state index is 12.6. The molecule has 0 atom stereocenters. The van der Waals surface area contributed by atoms with Gasteiger partial charge in [0.05, 0.1) is 7.11 Å². The molecule has 6 nitrogen and oxygen atoms in total. The number of methoxy groups -OCH3 is 1. The Bertz CT molecular complexity index is 1170. The van der Waals surface area contributed by atoms with Gasteiger partial charge in [0, 0.05) is 46.3 Å². The van der Waals surface area contributed by atoms with Crippen LogP contribution in [0.2, 0.25) is 0 Å². The van der Waals surface area contributed by atoms with Crippen molar-refractivity contribution in [3.8, 4) is 5.75 Å². The van der Waals surface area contributed by atoms with Crippen LogP contribution in [0, 0.1) is 0 Å². The number of carbonyl (C=O) groups is 2. The lowest BCUT2D eigenvalue weighted by Gasteiger charge is -2.11. The molecule has 4 rings (SSSR count). The molecule has 0 saturated heterocycles. The average Bonchev–Trinajstić information content (AvgIpc) is 3.10. The van der Waals surface area contributed by atoms with E-state index in [0.29, 0.717) is 17.0 Å². The van der Waals surface area contributed by atoms with Crippen LogP contribution in [0.1, 0.15) is 47.0 Å². The van der Waals surface area contributed by atoms with Crippen molar-refractivity contribution in [2.24, 2.45) is 5.73 Å². The van der Waals surface area contributed by atoms with Crippen LogP contribution in [-0.2, 0) is 17.6 Å². The van der Waals surface area contributed by atoms with Gasteiger partial charge in [-0.05, 0) is 56.0 Å². The Balaban J connectivity index is 1.65. The van der Waals surface area contributed by atoms with Crippen LogP contribution >= 0.6 is 0 Å². The summed E-state index contributed by atoms with van der Waals surface area (Å²) in [6, 6.07) is 10.5. The van der Waals surface area contributed by atoms with Crippen molar-refractivity contribution in [3.63, 3.8) is 0 Å². The highest BCUT2D eigenvalue weighted by Gasteiger charge is 2.20. The van der Waals surface area contributed by atoms with E-state index < -0.39 is 5.91 Å². The number of nitrogens with one attached hydrogen (secondary N) is 1. The molecule has 6 heteroatoms. The molecule has 30 heavy (non-hydrogen) atoms. The molecule has 3 N–H and O–H groups in total. The molecule has 1 aliphatic rings. The van der Waals surface area contributed by atoms with Gasteiger partial charge >= 0.3 is 0 Å². The van der Waals surface area contributed by atoms with Gasteiger partial charge < -0.3 is 20.2 Å². The number of primary amides is 1. The number of nitrogens with two attached hydrogens (primary N) is 1. The van der Waals surface area contributed by atoms with Crippen LogP contribution in [0.15, 0.2) is 46.9 Å². The fourth-order valence-electron chi connectivity index (χ4n) is 3.97. The van der Waals surface area contributed by atoms with Crippen LogP contribution in [0.25, 0.3) is 16.5 Å². The van der Waals surface area contributed by atoms with Gasteiger partial charge in [0.1, 0.15) is 17.1 Å². The molecule has 1 aromatic heterocycles. The SMILES string of the molecule is COc1cc2oc3c(c2cc1/C(C)=C/C(=O)Nc1cccc(C(N)=O)c1)CCCC3. The molecule has 3 aromatic rings. The Kier molecular flexibility index (Phi) is 5.31. The van der Waals surface area contributed by atoms with Gasteiger partial charge in [-0.25, -0.2) is 0 Å². The number of hydrogen-bond donors (Lipinski definition) is 2. The summed E-state index contributed by atoms with van der Waals surface area (Å²) in [7, 11) is 1.61. The average molecular weight is 404 g/mol. The molecule has 2 amide bonds. The quantitative estimate of drug-likeness (QED) is 0.614. The zero-order chi connectivity index (χ0) is 21.3. The Morgan fingerprint density at radius 2 is 1.97 bits per heavy atom. The van der Waals surface area contributed by atoms with Gasteiger partial charge in [0.25, 0.3) is 0 Å². The Labute approximate surface area is 174 Å². The van der Waals surface area contributed by atoms with Crippen molar-refractivity contribution >= 4 is 34.0 Å². The lowest BCUT2D eigenvalue weighted by atomic mass is 9.94. The van der Waals surface area contributed by atoms with Crippen molar-refractivity contribution in [1.82, 2.24) is 0 Å². The summed E-state index contributed by atoms with van der Waals surface area (Å²) in [5.74, 6) is 0.875. The maximum atomic E-state index is 12.6. The molecular weight excluding hydrogens is 380 g/mol. The second-order valence-electron chi connectivity index (χ2n) is 7.52. The standard InChI is InChI=1S/C24H24N2O4/c1-14(10-23(27)26-16-7-5-6-15(11-16)24(25)28)18-12-19-17-8-3-4-9-20(17)30-22(19)13-21(18)29-2/h5-7,10-13H,3-4,8-9H2,1-2H3,(H2,25,28)(H,26,27)/b14-10+. The molecule has 1 aliphatic carbocycles. The number of hydrogen-bond acceptors (Lipinski definition) is 4. The van der Waals surface area contributed by atoms with Gasteiger partial charge in [0.15, 0.2) is 0 Å². The predicted octanol–water partition coefficient (Wildman–Crippen LogP) is 4.46. The maximum Gasteiger partial charge on any atom is 0.248 e. The van der Waals surface area contributed by atoms with Gasteiger partial charge in [-0.3, -0.25) is 9.59 Å². The van der Waals surface area contributed by atoms with Crippen molar-refractivity contribution in [2.75, 3.05) is 12.4 Å². The molecule has 0 bridgehead atoms. The van der Waals surface area contributed by atoms with Crippen LogP contribution in [0.5, 0.6) is 5.75 Å². The molecule has 0 saturated carbocycles. The minimum absolute atomic E-state index is 0.300. The smallest absolute Gasteiger partial charge is 0.248 e. The number of allylic oxidation sites excluding steroid dienone is 1. The second kappa shape index (κ2) is 8.06. The Hall–Kier alpha value is -3.54. The van der Waals surface area contributed by atoms with Crippen molar-refractivity contribution in [3.05, 3.63) is 64.9 Å². The summed E-state index contributed by atoms with van der Waals surface area (Å²) in [5, 5.41) is 3.86. The number of rotatable bonds is 5. The topological polar surface area (TPSA) is 94.6 Å². The van der Waals surface area contributed by atoms with Gasteiger partial charge in [-0.15, -0.1) is 0 Å². The Morgan fingerprint density at radius 3 is 2.73 bits per heavy atom. The minimum atomic E-state index is -0.542. The summed E-state index contributed by atoms with van der Waals surface area (Å²) >= 11 is 0. The first kappa shape index (κ1) is 19.8. The van der Waals surface area contributed by atoms with E-state index in [0.717, 1.165) is 53.5 Å². The van der Waals surface area contributed by atoms with Crippen molar-refractivity contribution in [2.45, 2.75) is 32.6 Å². The predicted molar refractivity (Wildman–Crippen MR) is 117 cm³/mol. The fraction of sp³-hybridized carbons (Fsp3) is 0.250. The van der Waals surface area contributed by atoms with Crippen LogP contribution in [-0.4, -0.2) is 18.9 Å². The molecule has 1 heterocycles. The van der Waals surface area contributed by atoms with E-state index in [9.17, 15) is 9.59 Å². The van der Waals surface area contributed by atoms with E-state index in [1.54, 1.807) is 31.4 Å². The molecule has 2 aromatic carbocycles. The Morgan fingerprint density at radius 1 is 1.17 bits per heavy atom. The van der Waals surface area contributed by atoms with Crippen LogP contribution < -0.4 is 15.8 Å². The third kappa shape index (κ3) is 3.81. The van der Waals surface area contributed by atoms with E-state index >= 15 is 0 Å². The molecule has 0 radical (unpaired) electrons. The monoisotopic (exact) mass is 404 g/mol. The number of carbonyl (C=O) groups excluding carboxylic acids is 2. The van der Waals surface area contributed by atoms with E-state index in [1.807, 2.05) is 13.0 Å². The number of amides is 2. The highest BCUT2D eigenvalue weighted by atomic mass is 16.5. The van der Waals surface area contributed by atoms with E-state index in [-0.39, 0.29) is 5.91 Å². The van der Waals surface area contributed by atoms with Gasteiger partial charge in [-0.2, -0.15) is 0 Å². The molecule has 0 aliphatic heterocycles. The summed E-state index contributed by atoms with van der Waals surface area (Å²) in [4.78, 5) is 23.9. The number of fused-ring (bicyclic) bond motifs is 3. The highest BCUT2D eigenvalue weighted by Crippen LogP contribution is 2.37. The lowest BCUT2D eigenvalue weighted by molar-refractivity contribution is -0.111. The van der Waals surface area contributed by atoms with Gasteiger partial charge in [-0.1, -0.05) is 6.07 Å². The molecule has 0 unspecified atom stereocenters. The summed E-state index contributed by atoms with van der Waals surface area (Å²) in [6.45, 7) is 1.87. The van der Waals surface area contributed by atoms with Crippen molar-refractivity contribution < 1.29 is 18.7 Å². The number of ether oxygens (including phenoxy) is 1. The van der Waals surface area contributed by atoms with Crippen LogP contribution in [0.3, 0.4) is 0 Å².